The van der Waals surface area contributed by atoms with E-state index in [0.717, 1.165) is 26.1 Å². The first-order valence-electron chi connectivity index (χ1n) is 7.26. The van der Waals surface area contributed by atoms with Crippen LogP contribution in [0.2, 0.25) is 0 Å². The summed E-state index contributed by atoms with van der Waals surface area (Å²) in [7, 11) is 2.19. The zero-order valence-corrected chi connectivity index (χ0v) is 12.3. The molecule has 0 aliphatic carbocycles. The van der Waals surface area contributed by atoms with Crippen LogP contribution in [0.25, 0.3) is 0 Å². The number of rotatable bonds is 5. The van der Waals surface area contributed by atoms with Gasteiger partial charge in [-0.1, -0.05) is 31.2 Å². The van der Waals surface area contributed by atoms with Gasteiger partial charge in [0.15, 0.2) is 0 Å². The molecule has 0 spiro atoms. The fraction of sp³-hybridized carbons (Fsp3) is 0.625. The van der Waals surface area contributed by atoms with Gasteiger partial charge in [-0.05, 0) is 37.9 Å². The van der Waals surface area contributed by atoms with Crippen LogP contribution in [-0.2, 0) is 4.74 Å². The number of ether oxygens (including phenoxy) is 1. The van der Waals surface area contributed by atoms with E-state index in [-0.39, 0.29) is 12.1 Å². The van der Waals surface area contributed by atoms with E-state index in [1.165, 1.54) is 11.1 Å². The highest BCUT2D eigenvalue weighted by Crippen LogP contribution is 2.30. The van der Waals surface area contributed by atoms with Crippen LogP contribution < -0.4 is 5.73 Å². The number of nitrogens with two attached hydrogens (primary N) is 1. The molecule has 3 heteroatoms. The van der Waals surface area contributed by atoms with Crippen molar-refractivity contribution < 1.29 is 4.74 Å². The van der Waals surface area contributed by atoms with Gasteiger partial charge in [-0.15, -0.1) is 0 Å². The Morgan fingerprint density at radius 1 is 1.42 bits per heavy atom. The summed E-state index contributed by atoms with van der Waals surface area (Å²) in [6.45, 7) is 6.03. The molecule has 0 bridgehead atoms. The molecule has 2 N–H and O–H groups in total. The molecule has 1 aliphatic heterocycles. The van der Waals surface area contributed by atoms with E-state index in [0.29, 0.717) is 6.04 Å². The summed E-state index contributed by atoms with van der Waals surface area (Å²) in [5.41, 5.74) is 9.08. The molecule has 1 aromatic carbocycles. The van der Waals surface area contributed by atoms with Crippen molar-refractivity contribution in [3.05, 3.63) is 35.4 Å². The summed E-state index contributed by atoms with van der Waals surface area (Å²) >= 11 is 0. The van der Waals surface area contributed by atoms with Gasteiger partial charge in [-0.3, -0.25) is 4.90 Å². The minimum Gasteiger partial charge on any atom is -0.380 e. The van der Waals surface area contributed by atoms with Gasteiger partial charge >= 0.3 is 0 Å². The third-order valence-electron chi connectivity index (χ3n) is 4.30. The summed E-state index contributed by atoms with van der Waals surface area (Å²) in [5, 5.41) is 0. The van der Waals surface area contributed by atoms with E-state index in [4.69, 9.17) is 10.5 Å². The number of hydrogen-bond acceptors (Lipinski definition) is 3. The SMILES string of the molecule is CCC(N)C(c1ccccc1C)N(C)C1CCOC1. The average molecular weight is 262 g/mol. The maximum Gasteiger partial charge on any atom is 0.0622 e. The fourth-order valence-corrected chi connectivity index (χ4v) is 2.96. The van der Waals surface area contributed by atoms with E-state index in [1.807, 2.05) is 0 Å². The van der Waals surface area contributed by atoms with Gasteiger partial charge in [0.05, 0.1) is 12.6 Å². The van der Waals surface area contributed by atoms with E-state index >= 15 is 0 Å². The maximum absolute atomic E-state index is 6.40. The lowest BCUT2D eigenvalue weighted by atomic mass is 9.92. The van der Waals surface area contributed by atoms with Crippen LogP contribution in [0.3, 0.4) is 0 Å². The normalized spacial score (nSPS) is 22.7. The lowest BCUT2D eigenvalue weighted by Gasteiger charge is -2.37. The Labute approximate surface area is 116 Å². The molecule has 0 radical (unpaired) electrons. The van der Waals surface area contributed by atoms with Crippen molar-refractivity contribution in [2.24, 2.45) is 5.73 Å². The predicted molar refractivity (Wildman–Crippen MR) is 79.2 cm³/mol. The first-order valence-corrected chi connectivity index (χ1v) is 7.26. The monoisotopic (exact) mass is 262 g/mol. The summed E-state index contributed by atoms with van der Waals surface area (Å²) in [6, 6.07) is 9.50. The molecule has 3 unspecified atom stereocenters. The fourth-order valence-electron chi connectivity index (χ4n) is 2.96. The highest BCUT2D eigenvalue weighted by Gasteiger charge is 2.31. The van der Waals surface area contributed by atoms with Crippen LogP contribution in [0.5, 0.6) is 0 Å². The molecule has 1 aromatic rings. The Morgan fingerprint density at radius 3 is 2.74 bits per heavy atom. The number of hydrogen-bond donors (Lipinski definition) is 1. The third-order valence-corrected chi connectivity index (χ3v) is 4.30. The molecule has 106 valence electrons. The van der Waals surface area contributed by atoms with Crippen LogP contribution in [0.4, 0.5) is 0 Å². The molecule has 1 saturated heterocycles. The maximum atomic E-state index is 6.40. The predicted octanol–water partition coefficient (Wildman–Crippen LogP) is 2.49. The summed E-state index contributed by atoms with van der Waals surface area (Å²) in [6.07, 6.45) is 2.09. The summed E-state index contributed by atoms with van der Waals surface area (Å²) < 4.78 is 5.53. The van der Waals surface area contributed by atoms with E-state index in [9.17, 15) is 0 Å². The van der Waals surface area contributed by atoms with Crippen LogP contribution >= 0.6 is 0 Å². The lowest BCUT2D eigenvalue weighted by molar-refractivity contribution is 0.119. The Hall–Kier alpha value is -0.900. The average Bonchev–Trinajstić information content (AvgIpc) is 2.94. The highest BCUT2D eigenvalue weighted by atomic mass is 16.5. The van der Waals surface area contributed by atoms with Crippen molar-refractivity contribution in [2.45, 2.75) is 44.8 Å². The first kappa shape index (κ1) is 14.5. The lowest BCUT2D eigenvalue weighted by Crippen LogP contribution is -2.44. The van der Waals surface area contributed by atoms with Crippen LogP contribution in [0.15, 0.2) is 24.3 Å². The second-order valence-electron chi connectivity index (χ2n) is 5.56. The molecule has 3 nitrogen and oxygen atoms in total. The Balaban J connectivity index is 2.27. The van der Waals surface area contributed by atoms with Gasteiger partial charge in [0.25, 0.3) is 0 Å². The van der Waals surface area contributed by atoms with Crippen molar-refractivity contribution in [3.8, 4) is 0 Å². The van der Waals surface area contributed by atoms with Gasteiger partial charge in [0, 0.05) is 18.7 Å². The zero-order valence-electron chi connectivity index (χ0n) is 12.3. The minimum atomic E-state index is 0.159. The van der Waals surface area contributed by atoms with Crippen LogP contribution in [0, 0.1) is 6.92 Å². The zero-order chi connectivity index (χ0) is 13.8. The van der Waals surface area contributed by atoms with Gasteiger partial charge < -0.3 is 10.5 Å². The Morgan fingerprint density at radius 2 is 2.16 bits per heavy atom. The number of nitrogens with zero attached hydrogens (tertiary/aromatic N) is 1. The number of likely N-dealkylation sites (N-methyl/N-ethyl adjacent to an activating group) is 1. The molecule has 1 heterocycles. The van der Waals surface area contributed by atoms with Gasteiger partial charge in [0.1, 0.15) is 0 Å². The molecule has 3 atom stereocenters. The van der Waals surface area contributed by atoms with E-state index in [1.54, 1.807) is 0 Å². The van der Waals surface area contributed by atoms with Crippen molar-refractivity contribution in [1.82, 2.24) is 4.90 Å². The Bertz CT molecular complexity index is 401. The van der Waals surface area contributed by atoms with Crippen LogP contribution in [0.1, 0.15) is 36.9 Å². The molecular formula is C16H26N2O. The minimum absolute atomic E-state index is 0.159. The molecule has 19 heavy (non-hydrogen) atoms. The number of benzene rings is 1. The molecule has 1 fully saturated rings. The molecule has 2 rings (SSSR count). The number of aryl methyl sites for hydroxylation is 1. The van der Waals surface area contributed by atoms with Crippen molar-refractivity contribution in [2.75, 3.05) is 20.3 Å². The summed E-state index contributed by atoms with van der Waals surface area (Å²) in [4.78, 5) is 2.42. The largest absolute Gasteiger partial charge is 0.380 e. The van der Waals surface area contributed by atoms with Crippen molar-refractivity contribution in [1.29, 1.82) is 0 Å². The summed E-state index contributed by atoms with van der Waals surface area (Å²) in [5.74, 6) is 0. The van der Waals surface area contributed by atoms with Gasteiger partial charge in [0.2, 0.25) is 0 Å². The standard InChI is InChI=1S/C16H26N2O/c1-4-15(17)16(14-8-6-5-7-12(14)2)18(3)13-9-10-19-11-13/h5-8,13,15-16H,4,9-11,17H2,1-3H3. The Kier molecular flexibility index (Phi) is 4.97. The first-order chi connectivity index (χ1) is 9.15. The molecule has 0 amide bonds. The van der Waals surface area contributed by atoms with Crippen molar-refractivity contribution >= 4 is 0 Å². The van der Waals surface area contributed by atoms with E-state index in [2.05, 4.69) is 50.1 Å². The van der Waals surface area contributed by atoms with Gasteiger partial charge in [-0.25, -0.2) is 0 Å². The third kappa shape index (κ3) is 3.16. The molecule has 0 saturated carbocycles. The van der Waals surface area contributed by atoms with Gasteiger partial charge in [-0.2, -0.15) is 0 Å². The topological polar surface area (TPSA) is 38.5 Å². The molecule has 1 aliphatic rings. The smallest absolute Gasteiger partial charge is 0.0622 e. The van der Waals surface area contributed by atoms with Crippen molar-refractivity contribution in [3.63, 3.8) is 0 Å². The van der Waals surface area contributed by atoms with E-state index < -0.39 is 0 Å². The molecule has 0 aromatic heterocycles. The van der Waals surface area contributed by atoms with Crippen LogP contribution in [-0.4, -0.2) is 37.2 Å². The molecular weight excluding hydrogens is 236 g/mol. The second-order valence-corrected chi connectivity index (χ2v) is 5.56. The quantitative estimate of drug-likeness (QED) is 0.886. The second kappa shape index (κ2) is 6.51. The highest BCUT2D eigenvalue weighted by molar-refractivity contribution is 5.30.